The number of aromatic nitrogens is 2. The number of halogens is 1. The van der Waals surface area contributed by atoms with E-state index in [-0.39, 0.29) is 30.9 Å². The molecular formula is C36H37FN4O7. The van der Waals surface area contributed by atoms with Crippen LogP contribution >= 0.6 is 0 Å². The van der Waals surface area contributed by atoms with Crippen LogP contribution in [-0.4, -0.2) is 74.9 Å². The SMILES string of the molecule is O=C(COC(=O)C1(C(=O)O)CCN(Cc2ccc(-c3noc(-c4ccc(-c5ccccc5)c(F)c4)n3)cc2)CC1)NC1CCC(O)CC1. The molecule has 1 saturated heterocycles. The number of rotatable bonds is 10. The minimum absolute atomic E-state index is 0.0555. The Bertz CT molecular complexity index is 1750. The predicted octanol–water partition coefficient (Wildman–Crippen LogP) is 4.84. The number of benzene rings is 3. The van der Waals surface area contributed by atoms with Crippen molar-refractivity contribution in [1.82, 2.24) is 20.4 Å². The maximum absolute atomic E-state index is 14.9. The minimum Gasteiger partial charge on any atom is -0.480 e. The number of carboxylic acids is 1. The number of carbonyl (C=O) groups excluding carboxylic acids is 2. The van der Waals surface area contributed by atoms with Gasteiger partial charge < -0.3 is 24.8 Å². The predicted molar refractivity (Wildman–Crippen MR) is 173 cm³/mol. The first kappa shape index (κ1) is 33.0. The number of likely N-dealkylation sites (tertiary alicyclic amines) is 1. The summed E-state index contributed by atoms with van der Waals surface area (Å²) in [4.78, 5) is 44.0. The summed E-state index contributed by atoms with van der Waals surface area (Å²) in [5.41, 5.74) is 1.70. The summed E-state index contributed by atoms with van der Waals surface area (Å²) in [6.07, 6.45) is 2.24. The normalized spacial score (nSPS) is 19.4. The number of nitrogens with zero attached hydrogens (tertiary/aromatic N) is 3. The summed E-state index contributed by atoms with van der Waals surface area (Å²) in [5, 5.41) is 26.5. The van der Waals surface area contributed by atoms with Gasteiger partial charge in [-0.25, -0.2) is 4.39 Å². The molecule has 0 atom stereocenters. The van der Waals surface area contributed by atoms with Gasteiger partial charge in [0.05, 0.1) is 6.10 Å². The molecule has 0 radical (unpaired) electrons. The Hall–Kier alpha value is -4.94. The maximum atomic E-state index is 14.9. The Labute approximate surface area is 276 Å². The van der Waals surface area contributed by atoms with E-state index in [1.54, 1.807) is 12.1 Å². The van der Waals surface area contributed by atoms with Crippen molar-refractivity contribution < 1.29 is 38.2 Å². The number of hydrogen-bond acceptors (Lipinski definition) is 9. The number of nitrogens with one attached hydrogen (secondary N) is 1. The van der Waals surface area contributed by atoms with Crippen LogP contribution in [0.3, 0.4) is 0 Å². The summed E-state index contributed by atoms with van der Waals surface area (Å²) >= 11 is 0. The molecule has 4 aromatic rings. The van der Waals surface area contributed by atoms with Gasteiger partial charge in [-0.2, -0.15) is 4.98 Å². The van der Waals surface area contributed by atoms with Crippen LogP contribution in [0.2, 0.25) is 0 Å². The summed E-state index contributed by atoms with van der Waals surface area (Å²) < 4.78 is 25.5. The first-order valence-corrected chi connectivity index (χ1v) is 16.1. The summed E-state index contributed by atoms with van der Waals surface area (Å²) in [6.45, 7) is 0.706. The van der Waals surface area contributed by atoms with Crippen molar-refractivity contribution >= 4 is 17.8 Å². The van der Waals surface area contributed by atoms with E-state index in [0.29, 0.717) is 67.8 Å². The fourth-order valence-corrected chi connectivity index (χ4v) is 6.33. The quantitative estimate of drug-likeness (QED) is 0.160. The van der Waals surface area contributed by atoms with Gasteiger partial charge in [0.15, 0.2) is 12.0 Å². The number of amides is 1. The monoisotopic (exact) mass is 656 g/mol. The van der Waals surface area contributed by atoms with Gasteiger partial charge in [-0.05, 0) is 61.8 Å². The van der Waals surface area contributed by atoms with Gasteiger partial charge in [-0.3, -0.25) is 19.3 Å². The van der Waals surface area contributed by atoms with Gasteiger partial charge >= 0.3 is 11.9 Å². The van der Waals surface area contributed by atoms with Crippen LogP contribution in [0, 0.1) is 11.2 Å². The van der Waals surface area contributed by atoms with E-state index in [0.717, 1.165) is 11.1 Å². The van der Waals surface area contributed by atoms with Gasteiger partial charge in [0, 0.05) is 42.4 Å². The van der Waals surface area contributed by atoms with Crippen molar-refractivity contribution in [2.45, 2.75) is 57.2 Å². The highest BCUT2D eigenvalue weighted by atomic mass is 19.1. The topological polar surface area (TPSA) is 155 Å². The van der Waals surface area contributed by atoms with Crippen molar-refractivity contribution in [3.63, 3.8) is 0 Å². The van der Waals surface area contributed by atoms with Gasteiger partial charge in [-0.1, -0.05) is 65.8 Å². The number of aliphatic carboxylic acids is 1. The lowest BCUT2D eigenvalue weighted by molar-refractivity contribution is -0.174. The third-order valence-electron chi connectivity index (χ3n) is 9.25. The Morgan fingerprint density at radius 2 is 1.62 bits per heavy atom. The van der Waals surface area contributed by atoms with Crippen molar-refractivity contribution in [2.24, 2.45) is 5.41 Å². The molecule has 0 unspecified atom stereocenters. The molecular weight excluding hydrogens is 619 g/mol. The van der Waals surface area contributed by atoms with Gasteiger partial charge in [-0.15, -0.1) is 0 Å². The number of esters is 1. The molecule has 3 N–H and O–H groups in total. The lowest BCUT2D eigenvalue weighted by Crippen LogP contribution is -2.50. The highest BCUT2D eigenvalue weighted by Crippen LogP contribution is 2.34. The molecule has 1 aliphatic heterocycles. The van der Waals surface area contributed by atoms with E-state index in [1.807, 2.05) is 54.6 Å². The van der Waals surface area contributed by atoms with Crippen molar-refractivity contribution in [2.75, 3.05) is 19.7 Å². The molecule has 2 heterocycles. The minimum atomic E-state index is -1.71. The molecule has 48 heavy (non-hydrogen) atoms. The number of hydrogen-bond donors (Lipinski definition) is 3. The van der Waals surface area contributed by atoms with E-state index in [1.165, 1.54) is 6.07 Å². The molecule has 250 valence electrons. The smallest absolute Gasteiger partial charge is 0.324 e. The average Bonchev–Trinajstić information content (AvgIpc) is 3.60. The lowest BCUT2D eigenvalue weighted by Gasteiger charge is -2.37. The van der Waals surface area contributed by atoms with Crippen molar-refractivity contribution in [1.29, 1.82) is 0 Å². The average molecular weight is 657 g/mol. The summed E-state index contributed by atoms with van der Waals surface area (Å²) in [5.74, 6) is -2.47. The number of carbonyl (C=O) groups is 3. The Morgan fingerprint density at radius 1 is 0.938 bits per heavy atom. The Morgan fingerprint density at radius 3 is 2.29 bits per heavy atom. The molecule has 1 saturated carbocycles. The van der Waals surface area contributed by atoms with Crippen molar-refractivity contribution in [3.8, 4) is 34.0 Å². The van der Waals surface area contributed by atoms with Crippen LogP contribution < -0.4 is 5.32 Å². The van der Waals surface area contributed by atoms with Crippen LogP contribution in [0.25, 0.3) is 34.0 Å². The largest absolute Gasteiger partial charge is 0.480 e. The molecule has 1 amide bonds. The second kappa shape index (κ2) is 14.4. The number of carboxylic acid groups (broad SMARTS) is 1. The molecule has 2 fully saturated rings. The number of piperidine rings is 1. The Balaban J connectivity index is 1.01. The molecule has 6 rings (SSSR count). The number of ether oxygens (including phenoxy) is 1. The van der Waals surface area contributed by atoms with Gasteiger partial charge in [0.2, 0.25) is 5.82 Å². The van der Waals surface area contributed by atoms with Crippen LogP contribution in [0.1, 0.15) is 44.1 Å². The fourth-order valence-electron chi connectivity index (χ4n) is 6.33. The third kappa shape index (κ3) is 7.45. The van der Waals surface area contributed by atoms with Crippen LogP contribution in [0.5, 0.6) is 0 Å². The second-order valence-corrected chi connectivity index (χ2v) is 12.5. The third-order valence-corrected chi connectivity index (χ3v) is 9.25. The first-order chi connectivity index (χ1) is 23.2. The Kier molecular flexibility index (Phi) is 9.93. The summed E-state index contributed by atoms with van der Waals surface area (Å²) in [7, 11) is 0. The number of aliphatic hydroxyl groups is 1. The zero-order valence-electron chi connectivity index (χ0n) is 26.3. The fraction of sp³-hybridized carbons (Fsp3) is 0.361. The van der Waals surface area contributed by atoms with Crippen LogP contribution in [-0.2, 0) is 25.7 Å². The lowest BCUT2D eigenvalue weighted by atomic mass is 9.78. The summed E-state index contributed by atoms with van der Waals surface area (Å²) in [6, 6.07) is 21.5. The molecule has 0 bridgehead atoms. The van der Waals surface area contributed by atoms with E-state index in [4.69, 9.17) is 9.26 Å². The van der Waals surface area contributed by atoms with Crippen LogP contribution in [0.15, 0.2) is 77.3 Å². The molecule has 2 aliphatic rings. The van der Waals surface area contributed by atoms with Crippen molar-refractivity contribution in [3.05, 3.63) is 84.2 Å². The van der Waals surface area contributed by atoms with Gasteiger partial charge in [0.25, 0.3) is 11.8 Å². The molecule has 1 aliphatic carbocycles. The molecule has 12 heteroatoms. The van der Waals surface area contributed by atoms with E-state index < -0.39 is 35.7 Å². The zero-order valence-corrected chi connectivity index (χ0v) is 26.3. The van der Waals surface area contributed by atoms with E-state index in [9.17, 15) is 29.0 Å². The standard InChI is InChI=1S/C36H37FN4O7/c37-30-20-26(10-15-29(30)24-4-2-1-3-5-24)33-39-32(40-48-33)25-8-6-23(7-9-25)21-41-18-16-36(17-19-41,34(44)45)35(46)47-22-31(43)38-27-11-13-28(42)14-12-27/h1-10,15,20,27-28,42H,11-14,16-19,21-22H2,(H,38,43)(H,44,45). The molecule has 3 aromatic carbocycles. The molecule has 1 aromatic heterocycles. The molecule has 0 spiro atoms. The zero-order chi connectivity index (χ0) is 33.7. The van der Waals surface area contributed by atoms with E-state index in [2.05, 4.69) is 20.4 Å². The highest BCUT2D eigenvalue weighted by Gasteiger charge is 2.50. The molecule has 11 nitrogen and oxygen atoms in total. The van der Waals surface area contributed by atoms with E-state index >= 15 is 0 Å². The number of aliphatic hydroxyl groups excluding tert-OH is 1. The highest BCUT2D eigenvalue weighted by molar-refractivity contribution is 6.00. The van der Waals surface area contributed by atoms with Crippen LogP contribution in [0.4, 0.5) is 4.39 Å². The second-order valence-electron chi connectivity index (χ2n) is 12.5. The first-order valence-electron chi connectivity index (χ1n) is 16.1. The maximum Gasteiger partial charge on any atom is 0.324 e. The van der Waals surface area contributed by atoms with Gasteiger partial charge in [0.1, 0.15) is 5.82 Å².